The molecule has 0 spiro atoms. The van der Waals surface area contributed by atoms with Crippen LogP contribution in [-0.4, -0.2) is 6.61 Å². The van der Waals surface area contributed by atoms with Crippen molar-refractivity contribution in [3.8, 4) is 6.07 Å². The van der Waals surface area contributed by atoms with Gasteiger partial charge < -0.3 is 4.74 Å². The molecule has 0 atom stereocenters. The summed E-state index contributed by atoms with van der Waals surface area (Å²) in [7, 11) is 0. The Morgan fingerprint density at radius 3 is 2.32 bits per heavy atom. The third kappa shape index (κ3) is 6.74. The minimum atomic E-state index is -3.31. The van der Waals surface area contributed by atoms with Crippen molar-refractivity contribution in [2.45, 2.75) is 63.9 Å². The van der Waals surface area contributed by atoms with Gasteiger partial charge in [0.25, 0.3) is 0 Å². The van der Waals surface area contributed by atoms with Crippen LogP contribution in [0.25, 0.3) is 0 Å². The maximum absolute atomic E-state index is 14.5. The predicted octanol–water partition coefficient (Wildman–Crippen LogP) is 7.50. The molecule has 0 heterocycles. The Morgan fingerprint density at radius 1 is 1.03 bits per heavy atom. The number of hydrogen-bond acceptors (Lipinski definition) is 2. The van der Waals surface area contributed by atoms with Crippen LogP contribution in [0.2, 0.25) is 0 Å². The molecule has 0 unspecified atom stereocenters. The average molecular weight is 424 g/mol. The SMILES string of the molecule is C/C=C/CCC1CCC(c2ccc(C(F)(F)OCCc3ccc(C#N)cc3)cc2)CC1. The molecule has 0 aromatic heterocycles. The maximum Gasteiger partial charge on any atom is 0.383 e. The van der Waals surface area contributed by atoms with Gasteiger partial charge in [-0.15, -0.1) is 0 Å². The highest BCUT2D eigenvalue weighted by Crippen LogP contribution is 2.38. The van der Waals surface area contributed by atoms with Crippen LogP contribution in [0, 0.1) is 17.2 Å². The molecule has 0 saturated heterocycles. The summed E-state index contributed by atoms with van der Waals surface area (Å²) in [4.78, 5) is 0. The van der Waals surface area contributed by atoms with E-state index in [0.29, 0.717) is 17.9 Å². The number of benzene rings is 2. The van der Waals surface area contributed by atoms with Crippen LogP contribution in [0.15, 0.2) is 60.7 Å². The highest BCUT2D eigenvalue weighted by Gasteiger charge is 2.33. The fourth-order valence-corrected chi connectivity index (χ4v) is 4.36. The maximum atomic E-state index is 14.5. The molecule has 2 aromatic rings. The summed E-state index contributed by atoms with van der Waals surface area (Å²) in [5, 5.41) is 8.82. The Hall–Kier alpha value is -2.51. The summed E-state index contributed by atoms with van der Waals surface area (Å²) >= 11 is 0. The molecule has 0 radical (unpaired) electrons. The number of hydrogen-bond donors (Lipinski definition) is 0. The molecule has 3 rings (SSSR count). The average Bonchev–Trinajstić information content (AvgIpc) is 2.80. The van der Waals surface area contributed by atoms with E-state index in [1.54, 1.807) is 24.3 Å². The topological polar surface area (TPSA) is 33.0 Å². The number of nitrogens with zero attached hydrogens (tertiary/aromatic N) is 1. The van der Waals surface area contributed by atoms with Gasteiger partial charge in [-0.1, -0.05) is 48.6 Å². The zero-order chi connectivity index (χ0) is 22.1. The quantitative estimate of drug-likeness (QED) is 0.391. The molecule has 0 N–H and O–H groups in total. The molecule has 2 aromatic carbocycles. The second kappa shape index (κ2) is 11.2. The number of rotatable bonds is 9. The van der Waals surface area contributed by atoms with Crippen molar-refractivity contribution < 1.29 is 13.5 Å². The van der Waals surface area contributed by atoms with E-state index in [0.717, 1.165) is 36.3 Å². The third-order valence-electron chi connectivity index (χ3n) is 6.30. The Labute approximate surface area is 184 Å². The van der Waals surface area contributed by atoms with Gasteiger partial charge in [-0.25, -0.2) is 0 Å². The Bertz CT molecular complexity index is 873. The summed E-state index contributed by atoms with van der Waals surface area (Å²) in [5.41, 5.74) is 2.48. The van der Waals surface area contributed by atoms with E-state index in [9.17, 15) is 8.78 Å². The summed E-state index contributed by atoms with van der Waals surface area (Å²) in [6.07, 6.45) is 8.53. The van der Waals surface area contributed by atoms with E-state index >= 15 is 0 Å². The summed E-state index contributed by atoms with van der Waals surface area (Å²) < 4.78 is 33.9. The number of nitriles is 1. The number of halogens is 2. The lowest BCUT2D eigenvalue weighted by molar-refractivity contribution is -0.248. The Kier molecular flexibility index (Phi) is 8.37. The molecule has 0 amide bonds. The van der Waals surface area contributed by atoms with Gasteiger partial charge in [0.1, 0.15) is 0 Å². The van der Waals surface area contributed by atoms with Crippen molar-refractivity contribution in [1.82, 2.24) is 0 Å². The van der Waals surface area contributed by atoms with E-state index < -0.39 is 6.11 Å². The number of alkyl halides is 2. The van der Waals surface area contributed by atoms with Gasteiger partial charge in [0.05, 0.1) is 23.8 Å². The molecule has 164 valence electrons. The zero-order valence-corrected chi connectivity index (χ0v) is 18.2. The number of ether oxygens (including phenoxy) is 1. The normalized spacial score (nSPS) is 19.4. The van der Waals surface area contributed by atoms with Crippen LogP contribution in [-0.2, 0) is 17.3 Å². The smallest absolute Gasteiger partial charge is 0.316 e. The van der Waals surface area contributed by atoms with Crippen molar-refractivity contribution in [2.24, 2.45) is 5.92 Å². The van der Waals surface area contributed by atoms with Crippen molar-refractivity contribution >= 4 is 0 Å². The molecular weight excluding hydrogens is 392 g/mol. The van der Waals surface area contributed by atoms with Gasteiger partial charge in [0.15, 0.2) is 0 Å². The lowest BCUT2D eigenvalue weighted by atomic mass is 9.77. The lowest BCUT2D eigenvalue weighted by Crippen LogP contribution is -2.20. The number of allylic oxidation sites excluding steroid dienone is 2. The third-order valence-corrected chi connectivity index (χ3v) is 6.30. The van der Waals surface area contributed by atoms with Crippen LogP contribution >= 0.6 is 0 Å². The molecule has 0 aliphatic heterocycles. The molecule has 4 heteroatoms. The second-order valence-electron chi connectivity index (χ2n) is 8.41. The van der Waals surface area contributed by atoms with E-state index in [4.69, 9.17) is 10.00 Å². The van der Waals surface area contributed by atoms with Crippen LogP contribution in [0.5, 0.6) is 0 Å². The minimum absolute atomic E-state index is 0.0854. The van der Waals surface area contributed by atoms with E-state index in [-0.39, 0.29) is 12.2 Å². The summed E-state index contributed by atoms with van der Waals surface area (Å²) in [6, 6.07) is 15.7. The van der Waals surface area contributed by atoms with Crippen molar-refractivity contribution in [3.63, 3.8) is 0 Å². The Morgan fingerprint density at radius 2 is 1.71 bits per heavy atom. The minimum Gasteiger partial charge on any atom is -0.316 e. The van der Waals surface area contributed by atoms with Gasteiger partial charge in [-0.05, 0) is 87.0 Å². The van der Waals surface area contributed by atoms with Crippen LogP contribution in [0.1, 0.15) is 73.6 Å². The van der Waals surface area contributed by atoms with Crippen molar-refractivity contribution in [3.05, 3.63) is 82.9 Å². The van der Waals surface area contributed by atoms with Crippen LogP contribution in [0.4, 0.5) is 8.78 Å². The van der Waals surface area contributed by atoms with Crippen LogP contribution in [0.3, 0.4) is 0 Å². The first-order valence-corrected chi connectivity index (χ1v) is 11.2. The van der Waals surface area contributed by atoms with E-state index in [1.807, 2.05) is 18.2 Å². The van der Waals surface area contributed by atoms with Gasteiger partial charge >= 0.3 is 6.11 Å². The van der Waals surface area contributed by atoms with Crippen molar-refractivity contribution in [2.75, 3.05) is 6.61 Å². The first-order chi connectivity index (χ1) is 15.0. The molecule has 1 aliphatic carbocycles. The fourth-order valence-electron chi connectivity index (χ4n) is 4.36. The molecule has 1 saturated carbocycles. The molecule has 1 aliphatic rings. The standard InChI is InChI=1S/C27H31F2NO/c1-2-3-4-5-21-10-12-24(13-11-21)25-14-16-26(17-15-25)27(28,29)31-19-18-22-6-8-23(20-30)9-7-22/h2-3,6-9,14-17,21,24H,4-5,10-13,18-19H2,1H3/b3-2+. The second-order valence-corrected chi connectivity index (χ2v) is 8.41. The zero-order valence-electron chi connectivity index (χ0n) is 18.2. The molecule has 0 bridgehead atoms. The molecule has 31 heavy (non-hydrogen) atoms. The van der Waals surface area contributed by atoms with E-state index in [1.165, 1.54) is 31.4 Å². The summed E-state index contributed by atoms with van der Waals surface area (Å²) in [5.74, 6) is 1.26. The Balaban J connectivity index is 1.48. The molecule has 2 nitrogen and oxygen atoms in total. The first-order valence-electron chi connectivity index (χ1n) is 11.2. The largest absolute Gasteiger partial charge is 0.383 e. The predicted molar refractivity (Wildman–Crippen MR) is 120 cm³/mol. The molecule has 1 fully saturated rings. The fraction of sp³-hybridized carbons (Fsp3) is 0.444. The first kappa shape index (κ1) is 23.2. The molecular formula is C27H31F2NO. The van der Waals surface area contributed by atoms with Gasteiger partial charge in [0.2, 0.25) is 0 Å². The monoisotopic (exact) mass is 423 g/mol. The van der Waals surface area contributed by atoms with Gasteiger partial charge in [0, 0.05) is 0 Å². The van der Waals surface area contributed by atoms with E-state index in [2.05, 4.69) is 19.1 Å². The highest BCUT2D eigenvalue weighted by atomic mass is 19.3. The highest BCUT2D eigenvalue weighted by molar-refractivity contribution is 5.31. The van der Waals surface area contributed by atoms with Crippen LogP contribution < -0.4 is 0 Å². The lowest BCUT2D eigenvalue weighted by Gasteiger charge is -2.29. The van der Waals surface area contributed by atoms with Gasteiger partial charge in [-0.3, -0.25) is 0 Å². The van der Waals surface area contributed by atoms with Crippen molar-refractivity contribution in [1.29, 1.82) is 5.26 Å². The van der Waals surface area contributed by atoms with Gasteiger partial charge in [-0.2, -0.15) is 14.0 Å². The summed E-state index contributed by atoms with van der Waals surface area (Å²) in [6.45, 7) is 1.97.